The van der Waals surface area contributed by atoms with E-state index in [2.05, 4.69) is 16.2 Å². The molecule has 0 amide bonds. The lowest BCUT2D eigenvalue weighted by Gasteiger charge is -2.21. The largest absolute Gasteiger partial charge is 0.482 e. The Morgan fingerprint density at radius 2 is 2.10 bits per heavy atom. The van der Waals surface area contributed by atoms with Gasteiger partial charge in [0, 0.05) is 36.4 Å². The third kappa shape index (κ3) is 3.29. The number of ether oxygens (including phenoxy) is 1. The van der Waals surface area contributed by atoms with Gasteiger partial charge in [-0.1, -0.05) is 17.7 Å². The molecule has 3 heterocycles. The number of fused-ring (bicyclic) bond motifs is 5. The molecule has 2 N–H and O–H groups in total. The number of nitriles is 1. The van der Waals surface area contributed by atoms with Gasteiger partial charge in [-0.25, -0.2) is 13.4 Å². The van der Waals surface area contributed by atoms with Crippen LogP contribution in [0, 0.1) is 18.3 Å². The smallest absolute Gasteiger partial charge is 0.179 e. The molecule has 0 aliphatic carbocycles. The number of aryl methyl sites for hydroxylation is 3. The van der Waals surface area contributed by atoms with Crippen molar-refractivity contribution in [1.82, 2.24) is 14.8 Å². The molecule has 3 aromatic rings. The minimum Gasteiger partial charge on any atom is -0.482 e. The van der Waals surface area contributed by atoms with Crippen LogP contribution in [0.25, 0.3) is 11.1 Å². The third-order valence-corrected chi connectivity index (χ3v) is 7.03. The Kier molecular flexibility index (Phi) is 4.74. The lowest BCUT2D eigenvalue weighted by atomic mass is 10.0. The molecular formula is C21H21N5O3S. The molecule has 2 aromatic heterocycles. The van der Waals surface area contributed by atoms with Gasteiger partial charge in [0.05, 0.1) is 16.3 Å². The van der Waals surface area contributed by atoms with Gasteiger partial charge >= 0.3 is 0 Å². The van der Waals surface area contributed by atoms with Crippen LogP contribution in [0.3, 0.4) is 0 Å². The third-order valence-electron chi connectivity index (χ3n) is 5.25. The van der Waals surface area contributed by atoms with Gasteiger partial charge < -0.3 is 10.5 Å². The number of anilines is 1. The summed E-state index contributed by atoms with van der Waals surface area (Å²) >= 11 is 0. The fourth-order valence-corrected chi connectivity index (χ4v) is 5.28. The standard InChI is InChI=1S/C21H21N5O3S/c1-12-4-5-19-15(8-12)13(2)29-18-9-14(11-24-21(18)23)20-16(6-7-30(19,27)28)25-26(3)17(20)10-22/h4-5,8-9,11,13H,6-7H2,1-3H3,(H2,23,24)/t13-/m1/s1. The van der Waals surface area contributed by atoms with Crippen LogP contribution in [-0.2, 0) is 23.3 Å². The van der Waals surface area contributed by atoms with Crippen LogP contribution in [0.2, 0.25) is 0 Å². The minimum absolute atomic E-state index is 0.139. The molecule has 1 aromatic carbocycles. The summed E-state index contributed by atoms with van der Waals surface area (Å²) < 4.78 is 33.9. The van der Waals surface area contributed by atoms with E-state index in [1.165, 1.54) is 4.68 Å². The molecule has 0 fully saturated rings. The normalized spacial score (nSPS) is 17.5. The molecule has 0 saturated carbocycles. The number of nitrogens with zero attached hydrogens (tertiary/aromatic N) is 4. The molecule has 0 spiro atoms. The molecule has 0 radical (unpaired) electrons. The number of nitrogen functional groups attached to an aromatic ring is 1. The van der Waals surface area contributed by atoms with E-state index in [9.17, 15) is 13.7 Å². The average molecular weight is 423 g/mol. The predicted octanol–water partition coefficient (Wildman–Crippen LogP) is 2.71. The first kappa shape index (κ1) is 19.9. The van der Waals surface area contributed by atoms with Crippen molar-refractivity contribution in [2.75, 3.05) is 11.5 Å². The molecule has 9 heteroatoms. The predicted molar refractivity (Wildman–Crippen MR) is 112 cm³/mol. The van der Waals surface area contributed by atoms with Crippen LogP contribution < -0.4 is 10.5 Å². The van der Waals surface area contributed by atoms with Gasteiger partial charge in [-0.2, -0.15) is 10.4 Å². The fraction of sp³-hybridized carbons (Fsp3) is 0.286. The van der Waals surface area contributed by atoms with Gasteiger partial charge in [-0.15, -0.1) is 0 Å². The maximum absolute atomic E-state index is 13.2. The fourth-order valence-electron chi connectivity index (χ4n) is 3.74. The van der Waals surface area contributed by atoms with Crippen LogP contribution in [0.1, 0.15) is 35.5 Å². The summed E-state index contributed by atoms with van der Waals surface area (Å²) in [7, 11) is -1.97. The summed E-state index contributed by atoms with van der Waals surface area (Å²) in [5, 5.41) is 14.0. The summed E-state index contributed by atoms with van der Waals surface area (Å²) in [6.07, 6.45) is 1.14. The number of nitrogens with two attached hydrogens (primary N) is 1. The van der Waals surface area contributed by atoms with Crippen molar-refractivity contribution in [2.24, 2.45) is 7.05 Å². The zero-order valence-corrected chi connectivity index (χ0v) is 17.7. The van der Waals surface area contributed by atoms with Crippen molar-refractivity contribution >= 4 is 15.7 Å². The van der Waals surface area contributed by atoms with Crippen LogP contribution in [0.4, 0.5) is 5.82 Å². The number of benzene rings is 1. The van der Waals surface area contributed by atoms with Crippen LogP contribution in [-0.4, -0.2) is 28.9 Å². The van der Waals surface area contributed by atoms with Crippen LogP contribution in [0.5, 0.6) is 5.75 Å². The number of aromatic nitrogens is 3. The first-order valence-electron chi connectivity index (χ1n) is 9.43. The van der Waals surface area contributed by atoms with Gasteiger partial charge in [-0.05, 0) is 26.0 Å². The average Bonchev–Trinajstić information content (AvgIpc) is 3.02. The van der Waals surface area contributed by atoms with E-state index in [-0.39, 0.29) is 22.9 Å². The van der Waals surface area contributed by atoms with Crippen molar-refractivity contribution in [3.05, 3.63) is 53.0 Å². The van der Waals surface area contributed by atoms with Crippen molar-refractivity contribution in [1.29, 1.82) is 5.26 Å². The summed E-state index contributed by atoms with van der Waals surface area (Å²) in [4.78, 5) is 4.46. The number of hydrogen-bond acceptors (Lipinski definition) is 7. The van der Waals surface area contributed by atoms with Crippen LogP contribution in [0.15, 0.2) is 35.4 Å². The number of hydrogen-bond donors (Lipinski definition) is 1. The highest BCUT2D eigenvalue weighted by molar-refractivity contribution is 7.91. The molecule has 2 bridgehead atoms. The lowest BCUT2D eigenvalue weighted by molar-refractivity contribution is 0.224. The Balaban J connectivity index is 1.99. The van der Waals surface area contributed by atoms with Gasteiger partial charge in [0.25, 0.3) is 0 Å². The Hall–Kier alpha value is -3.38. The summed E-state index contributed by atoms with van der Waals surface area (Å²) in [5.74, 6) is 0.368. The second-order valence-electron chi connectivity index (χ2n) is 7.38. The Labute approximate surface area is 174 Å². The van der Waals surface area contributed by atoms with E-state index >= 15 is 0 Å². The zero-order chi connectivity index (χ0) is 21.6. The summed E-state index contributed by atoms with van der Waals surface area (Å²) in [5.41, 5.74) is 9.52. The summed E-state index contributed by atoms with van der Waals surface area (Å²) in [6.45, 7) is 3.68. The SMILES string of the molecule is Cc1ccc2c(c1)[C@@H](C)Oc1cc(cnc1N)-c1c(nn(C)c1C#N)CCS2(=O)=O. The maximum atomic E-state index is 13.2. The van der Waals surface area contributed by atoms with Crippen molar-refractivity contribution in [2.45, 2.75) is 31.3 Å². The molecule has 1 aliphatic heterocycles. The van der Waals surface area contributed by atoms with Gasteiger partial charge in [0.1, 0.15) is 17.9 Å². The van der Waals surface area contributed by atoms with Crippen molar-refractivity contribution in [3.63, 3.8) is 0 Å². The molecule has 0 saturated heterocycles. The van der Waals surface area contributed by atoms with Crippen molar-refractivity contribution in [3.8, 4) is 22.9 Å². The number of sulfone groups is 1. The Morgan fingerprint density at radius 3 is 2.83 bits per heavy atom. The molecule has 0 unspecified atom stereocenters. The molecule has 1 aliphatic rings. The van der Waals surface area contributed by atoms with E-state index in [1.54, 1.807) is 38.4 Å². The van der Waals surface area contributed by atoms with Gasteiger partial charge in [0.2, 0.25) is 0 Å². The molecule has 4 rings (SSSR count). The van der Waals surface area contributed by atoms with E-state index in [0.29, 0.717) is 33.8 Å². The monoisotopic (exact) mass is 423 g/mol. The Bertz CT molecular complexity index is 1300. The van der Waals surface area contributed by atoms with Gasteiger partial charge in [0.15, 0.2) is 21.4 Å². The molecule has 8 nitrogen and oxygen atoms in total. The molecule has 1 atom stereocenters. The van der Waals surface area contributed by atoms with E-state index in [0.717, 1.165) is 5.56 Å². The highest BCUT2D eigenvalue weighted by Gasteiger charge is 2.27. The summed E-state index contributed by atoms with van der Waals surface area (Å²) in [6, 6.07) is 9.07. The van der Waals surface area contributed by atoms with Gasteiger partial charge in [-0.3, -0.25) is 4.68 Å². The second kappa shape index (κ2) is 7.15. The number of rotatable bonds is 0. The van der Waals surface area contributed by atoms with E-state index < -0.39 is 15.9 Å². The lowest BCUT2D eigenvalue weighted by Crippen LogP contribution is -2.16. The second-order valence-corrected chi connectivity index (χ2v) is 9.46. The first-order valence-corrected chi connectivity index (χ1v) is 11.1. The van der Waals surface area contributed by atoms with Crippen molar-refractivity contribution < 1.29 is 13.2 Å². The quantitative estimate of drug-likeness (QED) is 0.589. The maximum Gasteiger partial charge on any atom is 0.179 e. The zero-order valence-electron chi connectivity index (χ0n) is 16.9. The topological polar surface area (TPSA) is 124 Å². The molecule has 30 heavy (non-hydrogen) atoms. The molecule has 154 valence electrons. The Morgan fingerprint density at radius 1 is 1.33 bits per heavy atom. The first-order chi connectivity index (χ1) is 14.2. The van der Waals surface area contributed by atoms with Crippen LogP contribution >= 0.6 is 0 Å². The highest BCUT2D eigenvalue weighted by Crippen LogP contribution is 2.36. The molecular weight excluding hydrogens is 402 g/mol. The van der Waals surface area contributed by atoms with E-state index in [4.69, 9.17) is 10.5 Å². The van der Waals surface area contributed by atoms with E-state index in [1.807, 2.05) is 13.0 Å². The number of pyridine rings is 1. The minimum atomic E-state index is -3.62. The highest BCUT2D eigenvalue weighted by atomic mass is 32.2.